The van der Waals surface area contributed by atoms with Gasteiger partial charge in [0.15, 0.2) is 0 Å². The quantitative estimate of drug-likeness (QED) is 0.722. The summed E-state index contributed by atoms with van der Waals surface area (Å²) in [5.74, 6) is -2.91. The Balaban J connectivity index is 1.56. The Morgan fingerprint density at radius 1 is 1.03 bits per heavy atom. The fourth-order valence-electron chi connectivity index (χ4n) is 6.29. The van der Waals surface area contributed by atoms with Gasteiger partial charge in [-0.15, -0.1) is 0 Å². The van der Waals surface area contributed by atoms with Crippen molar-refractivity contribution in [1.82, 2.24) is 4.90 Å². The van der Waals surface area contributed by atoms with Crippen molar-refractivity contribution < 1.29 is 18.8 Å². The molecule has 31 heavy (non-hydrogen) atoms. The van der Waals surface area contributed by atoms with Crippen LogP contribution in [0, 0.1) is 31.5 Å². The van der Waals surface area contributed by atoms with E-state index in [1.165, 1.54) is 23.1 Å². The van der Waals surface area contributed by atoms with Crippen LogP contribution in [0.2, 0.25) is 0 Å². The largest absolute Gasteiger partial charge is 0.324 e. The Morgan fingerprint density at radius 3 is 2.61 bits per heavy atom. The number of benzene rings is 2. The average molecular weight is 419 g/mol. The van der Waals surface area contributed by atoms with E-state index in [4.69, 9.17) is 0 Å². The molecule has 0 bridgehead atoms. The van der Waals surface area contributed by atoms with E-state index in [1.54, 1.807) is 6.07 Å². The number of nitrogens with zero attached hydrogens (tertiary/aromatic N) is 2. The summed E-state index contributed by atoms with van der Waals surface area (Å²) in [7, 11) is 0. The minimum absolute atomic E-state index is 0.210. The van der Waals surface area contributed by atoms with Crippen LogP contribution in [0.1, 0.15) is 29.5 Å². The molecule has 6 rings (SSSR count). The van der Waals surface area contributed by atoms with Gasteiger partial charge in [-0.2, -0.15) is 0 Å². The summed E-state index contributed by atoms with van der Waals surface area (Å²) in [6.45, 7) is 4.51. The van der Waals surface area contributed by atoms with Gasteiger partial charge >= 0.3 is 0 Å². The minimum atomic E-state index is -1.34. The highest BCUT2D eigenvalue weighted by atomic mass is 19.1. The molecule has 158 valence electrons. The Labute approximate surface area is 179 Å². The van der Waals surface area contributed by atoms with Crippen molar-refractivity contribution in [2.75, 3.05) is 16.8 Å². The lowest BCUT2D eigenvalue weighted by molar-refractivity contribution is -0.135. The molecule has 0 unspecified atom stereocenters. The second-order valence-corrected chi connectivity index (χ2v) is 9.10. The van der Waals surface area contributed by atoms with Crippen molar-refractivity contribution in [3.8, 4) is 0 Å². The van der Waals surface area contributed by atoms with Crippen molar-refractivity contribution >= 4 is 29.1 Å². The molecule has 4 aliphatic heterocycles. The van der Waals surface area contributed by atoms with Gasteiger partial charge in [0.05, 0.1) is 17.5 Å². The van der Waals surface area contributed by atoms with Crippen LogP contribution in [-0.2, 0) is 19.9 Å². The third kappa shape index (κ3) is 2.12. The lowest BCUT2D eigenvalue weighted by Gasteiger charge is -2.36. The van der Waals surface area contributed by atoms with Crippen LogP contribution >= 0.6 is 0 Å². The molecule has 3 saturated heterocycles. The van der Waals surface area contributed by atoms with E-state index in [1.807, 2.05) is 30.9 Å². The third-order valence-corrected chi connectivity index (χ3v) is 7.70. The van der Waals surface area contributed by atoms with Crippen molar-refractivity contribution in [2.45, 2.75) is 38.3 Å². The summed E-state index contributed by atoms with van der Waals surface area (Å²) in [6.07, 6.45) is 1.57. The Bertz CT molecular complexity index is 1190. The highest BCUT2D eigenvalue weighted by Gasteiger charge is 2.74. The summed E-state index contributed by atoms with van der Waals surface area (Å²) < 4.78 is 14.3. The predicted octanol–water partition coefficient (Wildman–Crippen LogP) is 2.87. The van der Waals surface area contributed by atoms with Crippen LogP contribution in [0.4, 0.5) is 15.8 Å². The zero-order chi connectivity index (χ0) is 21.7. The zero-order valence-electron chi connectivity index (χ0n) is 17.3. The molecule has 0 aliphatic carbocycles. The Kier molecular flexibility index (Phi) is 3.62. The molecule has 4 aliphatic rings. The van der Waals surface area contributed by atoms with Crippen LogP contribution in [-0.4, -0.2) is 35.2 Å². The Hall–Kier alpha value is -3.06. The molecule has 0 aromatic heterocycles. The number of amides is 3. The van der Waals surface area contributed by atoms with Gasteiger partial charge in [0.2, 0.25) is 17.7 Å². The van der Waals surface area contributed by atoms with Crippen LogP contribution < -0.4 is 10.2 Å². The second-order valence-electron chi connectivity index (χ2n) is 9.10. The highest BCUT2D eigenvalue weighted by molar-refractivity contribution is 6.25. The van der Waals surface area contributed by atoms with Crippen molar-refractivity contribution in [3.63, 3.8) is 0 Å². The molecule has 3 fully saturated rings. The number of halogens is 1. The van der Waals surface area contributed by atoms with Gasteiger partial charge in [0.25, 0.3) is 0 Å². The summed E-state index contributed by atoms with van der Waals surface area (Å²) in [5.41, 5.74) is 2.23. The van der Waals surface area contributed by atoms with E-state index >= 15 is 0 Å². The number of imide groups is 1. The smallest absolute Gasteiger partial charge is 0.250 e. The summed E-state index contributed by atoms with van der Waals surface area (Å²) in [4.78, 5) is 44.2. The first kappa shape index (κ1) is 18.7. The van der Waals surface area contributed by atoms with E-state index < -0.39 is 23.2 Å². The van der Waals surface area contributed by atoms with Crippen LogP contribution in [0.5, 0.6) is 0 Å². The average Bonchev–Trinajstić information content (AvgIpc) is 3.43. The SMILES string of the molecule is Cc1ccc(N2C(=O)[C@@H]3[C@@H]4CCCN4[C@@]4(C(=O)Nc5ccc(F)cc54)[C@H]3C2=O)cc1C. The molecule has 2 aromatic rings. The second kappa shape index (κ2) is 6.01. The van der Waals surface area contributed by atoms with Crippen molar-refractivity contribution in [3.05, 3.63) is 58.9 Å². The van der Waals surface area contributed by atoms with Gasteiger partial charge in [-0.25, -0.2) is 9.29 Å². The number of nitrogens with one attached hydrogen (secondary N) is 1. The van der Waals surface area contributed by atoms with Crippen molar-refractivity contribution in [1.29, 1.82) is 0 Å². The summed E-state index contributed by atoms with van der Waals surface area (Å²) >= 11 is 0. The fourth-order valence-corrected chi connectivity index (χ4v) is 6.29. The number of carbonyl (C=O) groups excluding carboxylic acids is 3. The number of aryl methyl sites for hydroxylation is 2. The zero-order valence-corrected chi connectivity index (χ0v) is 17.3. The molecular formula is C24H22FN3O3. The number of rotatable bonds is 1. The lowest BCUT2D eigenvalue weighted by atomic mass is 9.75. The molecular weight excluding hydrogens is 397 g/mol. The maximum atomic E-state index is 14.3. The summed E-state index contributed by atoms with van der Waals surface area (Å²) in [5, 5.41) is 2.86. The molecule has 3 amide bonds. The fraction of sp³-hybridized carbons (Fsp3) is 0.375. The number of carbonyl (C=O) groups is 3. The van der Waals surface area contributed by atoms with Gasteiger partial charge < -0.3 is 5.32 Å². The Morgan fingerprint density at radius 2 is 1.84 bits per heavy atom. The monoisotopic (exact) mass is 419 g/mol. The normalized spacial score (nSPS) is 31.4. The van der Waals surface area contributed by atoms with Gasteiger partial charge in [0, 0.05) is 17.3 Å². The van der Waals surface area contributed by atoms with E-state index in [0.717, 1.165) is 24.0 Å². The van der Waals surface area contributed by atoms with Gasteiger partial charge in [0.1, 0.15) is 11.4 Å². The van der Waals surface area contributed by atoms with Gasteiger partial charge in [-0.1, -0.05) is 6.07 Å². The van der Waals surface area contributed by atoms with Crippen molar-refractivity contribution in [2.24, 2.45) is 11.8 Å². The minimum Gasteiger partial charge on any atom is -0.324 e. The molecule has 4 heterocycles. The lowest BCUT2D eigenvalue weighted by Crippen LogP contribution is -2.54. The van der Waals surface area contributed by atoms with E-state index in [0.29, 0.717) is 23.5 Å². The first-order valence-electron chi connectivity index (χ1n) is 10.7. The van der Waals surface area contributed by atoms with Gasteiger partial charge in [-0.3, -0.25) is 19.3 Å². The van der Waals surface area contributed by atoms with E-state index in [-0.39, 0.29) is 23.8 Å². The maximum Gasteiger partial charge on any atom is 0.250 e. The van der Waals surface area contributed by atoms with Crippen LogP contribution in [0.25, 0.3) is 0 Å². The molecule has 4 atom stereocenters. The van der Waals surface area contributed by atoms with Crippen LogP contribution in [0.3, 0.4) is 0 Å². The number of fused-ring (bicyclic) bond motifs is 7. The molecule has 1 N–H and O–H groups in total. The third-order valence-electron chi connectivity index (χ3n) is 7.70. The number of anilines is 2. The number of hydrogen-bond donors (Lipinski definition) is 1. The topological polar surface area (TPSA) is 69.7 Å². The van der Waals surface area contributed by atoms with Gasteiger partial charge in [-0.05, 0) is 74.7 Å². The molecule has 6 nitrogen and oxygen atoms in total. The highest BCUT2D eigenvalue weighted by Crippen LogP contribution is 2.60. The maximum absolute atomic E-state index is 14.3. The van der Waals surface area contributed by atoms with Crippen LogP contribution in [0.15, 0.2) is 36.4 Å². The number of hydrogen-bond acceptors (Lipinski definition) is 4. The van der Waals surface area contributed by atoms with E-state index in [9.17, 15) is 18.8 Å². The molecule has 2 aromatic carbocycles. The summed E-state index contributed by atoms with van der Waals surface area (Å²) in [6, 6.07) is 9.49. The molecule has 1 spiro atoms. The standard InChI is InChI=1S/C24H22FN3O3/c1-12-5-7-15(10-13(12)2)28-21(29)19-18-4-3-9-27(18)24(20(19)22(28)30)16-11-14(25)6-8-17(16)26-23(24)31/h5-8,10-11,18-20H,3-4,9H2,1-2H3,(H,26,31)/t18-,19+,20+,24+/m0/s1. The predicted molar refractivity (Wildman–Crippen MR) is 112 cm³/mol. The van der Waals surface area contributed by atoms with E-state index in [2.05, 4.69) is 5.32 Å². The first-order valence-corrected chi connectivity index (χ1v) is 10.7. The molecule has 7 heteroatoms. The first-order chi connectivity index (χ1) is 14.9. The molecule has 0 radical (unpaired) electrons. The molecule has 0 saturated carbocycles.